The number of nitrogens with one attached hydrogen (secondary N) is 1. The second-order valence-electron chi connectivity index (χ2n) is 8.56. The highest BCUT2D eigenvalue weighted by Gasteiger charge is 2.21. The van der Waals surface area contributed by atoms with Gasteiger partial charge in [0.15, 0.2) is 5.65 Å². The Labute approximate surface area is 191 Å². The van der Waals surface area contributed by atoms with E-state index in [4.69, 9.17) is 4.98 Å². The van der Waals surface area contributed by atoms with Crippen LogP contribution in [0.15, 0.2) is 66.9 Å². The number of anilines is 2. The Morgan fingerprint density at radius 3 is 2.72 bits per heavy atom. The molecule has 1 aliphatic heterocycles. The minimum atomic E-state index is 0.595. The van der Waals surface area contributed by atoms with Crippen molar-refractivity contribution in [2.24, 2.45) is 5.92 Å². The molecule has 0 saturated carbocycles. The molecule has 5 nitrogen and oxygen atoms in total. The summed E-state index contributed by atoms with van der Waals surface area (Å²) in [6.07, 6.45) is 4.44. The molecule has 0 radical (unpaired) electrons. The van der Waals surface area contributed by atoms with Gasteiger partial charge in [-0.2, -0.15) is 9.61 Å². The molecule has 0 bridgehead atoms. The Balaban J connectivity index is 1.41. The molecule has 6 heteroatoms. The first kappa shape index (κ1) is 21.0. The highest BCUT2D eigenvalue weighted by Crippen LogP contribution is 2.27. The molecule has 2 unspecified atom stereocenters. The summed E-state index contributed by atoms with van der Waals surface area (Å²) in [5.41, 5.74) is 5.71. The molecule has 2 aromatic heterocycles. The first-order chi connectivity index (χ1) is 15.7. The Hall–Kier alpha value is -2.91. The lowest BCUT2D eigenvalue weighted by atomic mass is 9.97. The topological polar surface area (TPSA) is 45.5 Å². The molecule has 164 valence electrons. The van der Waals surface area contributed by atoms with Crippen LogP contribution in [-0.4, -0.2) is 40.9 Å². The van der Waals surface area contributed by atoms with E-state index < -0.39 is 0 Å². The molecule has 3 heterocycles. The van der Waals surface area contributed by atoms with Gasteiger partial charge in [0.25, 0.3) is 0 Å². The van der Waals surface area contributed by atoms with Crippen LogP contribution in [0.3, 0.4) is 0 Å². The van der Waals surface area contributed by atoms with E-state index in [2.05, 4.69) is 89.6 Å². The first-order valence-electron chi connectivity index (χ1n) is 11.4. The van der Waals surface area contributed by atoms with E-state index >= 15 is 0 Å². The predicted molar refractivity (Wildman–Crippen MR) is 137 cm³/mol. The molecule has 0 aliphatic carbocycles. The van der Waals surface area contributed by atoms with Crippen molar-refractivity contribution < 1.29 is 0 Å². The zero-order chi connectivity index (χ0) is 21.9. The molecule has 2 aromatic carbocycles. The highest BCUT2D eigenvalue weighted by molar-refractivity contribution is 7.46. The molecule has 1 N–H and O–H groups in total. The van der Waals surface area contributed by atoms with Crippen molar-refractivity contribution in [2.75, 3.05) is 36.5 Å². The number of aryl methyl sites for hydroxylation is 1. The van der Waals surface area contributed by atoms with Gasteiger partial charge in [-0.15, -0.1) is 0 Å². The van der Waals surface area contributed by atoms with Crippen molar-refractivity contribution in [1.29, 1.82) is 0 Å². The molecule has 4 aromatic rings. The molecule has 32 heavy (non-hydrogen) atoms. The van der Waals surface area contributed by atoms with E-state index in [1.54, 1.807) is 0 Å². The number of hydrogen-bond donors (Lipinski definition) is 1. The third kappa shape index (κ3) is 4.22. The van der Waals surface area contributed by atoms with Gasteiger partial charge < -0.3 is 10.2 Å². The summed E-state index contributed by atoms with van der Waals surface area (Å²) in [7, 11) is 0.663. The van der Waals surface area contributed by atoms with Crippen LogP contribution >= 0.6 is 8.58 Å². The maximum absolute atomic E-state index is 5.00. The summed E-state index contributed by atoms with van der Waals surface area (Å²) in [6.45, 7) is 7.48. The largest absolute Gasteiger partial charge is 0.371 e. The fraction of sp³-hybridized carbons (Fsp3) is 0.308. The fourth-order valence-corrected chi connectivity index (χ4v) is 5.19. The molecule has 2 atom stereocenters. The Kier molecular flexibility index (Phi) is 6.09. The van der Waals surface area contributed by atoms with Gasteiger partial charge in [0.1, 0.15) is 5.82 Å². The van der Waals surface area contributed by atoms with Crippen molar-refractivity contribution in [3.05, 3.63) is 72.4 Å². The standard InChI is InChI=1S/C26H30N5P/c1-19-9-6-7-13-22(19)23-15-25(31-26(29-23)24(32-2)17-28-31)27-16-20-10-8-14-30(18-20)21-11-4-3-5-12-21/h3-7,9,11-13,15,17,20,27,32H,8,10,14,16,18H2,1-2H3. The van der Waals surface area contributed by atoms with Crippen LogP contribution in [0.1, 0.15) is 18.4 Å². The van der Waals surface area contributed by atoms with E-state index in [-0.39, 0.29) is 0 Å². The lowest BCUT2D eigenvalue weighted by Crippen LogP contribution is -2.38. The van der Waals surface area contributed by atoms with E-state index in [1.807, 2.05) is 10.7 Å². The molecule has 5 rings (SSSR count). The van der Waals surface area contributed by atoms with Gasteiger partial charge in [-0.05, 0) is 50.0 Å². The molecule has 0 spiro atoms. The third-order valence-corrected chi connectivity index (χ3v) is 7.27. The summed E-state index contributed by atoms with van der Waals surface area (Å²) < 4.78 is 1.98. The van der Waals surface area contributed by atoms with Gasteiger partial charge >= 0.3 is 0 Å². The van der Waals surface area contributed by atoms with Gasteiger partial charge in [-0.1, -0.05) is 51.0 Å². The smallest absolute Gasteiger partial charge is 0.165 e. The number of rotatable bonds is 6. The van der Waals surface area contributed by atoms with Gasteiger partial charge in [0, 0.05) is 42.3 Å². The highest BCUT2D eigenvalue weighted by atomic mass is 31.1. The van der Waals surface area contributed by atoms with Gasteiger partial charge in [-0.3, -0.25) is 0 Å². The van der Waals surface area contributed by atoms with Crippen LogP contribution < -0.4 is 15.5 Å². The second-order valence-corrected chi connectivity index (χ2v) is 9.59. The van der Waals surface area contributed by atoms with E-state index in [0.29, 0.717) is 14.5 Å². The summed E-state index contributed by atoms with van der Waals surface area (Å²) >= 11 is 0. The molecule has 1 aliphatic rings. The van der Waals surface area contributed by atoms with Crippen LogP contribution in [0.25, 0.3) is 16.9 Å². The second kappa shape index (κ2) is 9.30. The molecular formula is C26H30N5P. The molecule has 1 fully saturated rings. The minimum absolute atomic E-state index is 0.595. The zero-order valence-electron chi connectivity index (χ0n) is 18.8. The van der Waals surface area contributed by atoms with Gasteiger partial charge in [0.2, 0.25) is 0 Å². The van der Waals surface area contributed by atoms with Crippen LogP contribution in [0.2, 0.25) is 0 Å². The number of para-hydroxylation sites is 1. The van der Waals surface area contributed by atoms with Gasteiger partial charge in [-0.25, -0.2) is 4.98 Å². The lowest BCUT2D eigenvalue weighted by molar-refractivity contribution is 0.431. The number of hydrogen-bond acceptors (Lipinski definition) is 4. The quantitative estimate of drug-likeness (QED) is 0.428. The number of fused-ring (bicyclic) bond motifs is 1. The van der Waals surface area contributed by atoms with Crippen molar-refractivity contribution in [3.8, 4) is 11.3 Å². The van der Waals surface area contributed by atoms with E-state index in [9.17, 15) is 0 Å². The number of benzene rings is 2. The van der Waals surface area contributed by atoms with E-state index in [0.717, 1.165) is 36.8 Å². The predicted octanol–water partition coefficient (Wildman–Crippen LogP) is 4.97. The number of nitrogens with zero attached hydrogens (tertiary/aromatic N) is 4. The van der Waals surface area contributed by atoms with Crippen molar-refractivity contribution in [3.63, 3.8) is 0 Å². The fourth-order valence-electron chi connectivity index (χ4n) is 4.62. The monoisotopic (exact) mass is 443 g/mol. The lowest BCUT2D eigenvalue weighted by Gasteiger charge is -2.34. The Morgan fingerprint density at radius 1 is 1.09 bits per heavy atom. The van der Waals surface area contributed by atoms with Gasteiger partial charge in [0.05, 0.1) is 11.9 Å². The van der Waals surface area contributed by atoms with E-state index in [1.165, 1.54) is 35.0 Å². The van der Waals surface area contributed by atoms with Crippen LogP contribution in [-0.2, 0) is 0 Å². The third-order valence-electron chi connectivity index (χ3n) is 6.37. The average Bonchev–Trinajstić information content (AvgIpc) is 3.27. The van der Waals surface area contributed by atoms with Crippen LogP contribution in [0.5, 0.6) is 0 Å². The molecule has 1 saturated heterocycles. The summed E-state index contributed by atoms with van der Waals surface area (Å²) in [6, 6.07) is 21.4. The average molecular weight is 444 g/mol. The maximum Gasteiger partial charge on any atom is 0.165 e. The summed E-state index contributed by atoms with van der Waals surface area (Å²) in [5, 5.41) is 9.60. The first-order valence-corrected chi connectivity index (χ1v) is 12.9. The minimum Gasteiger partial charge on any atom is -0.371 e. The Bertz CT molecular complexity index is 1200. The summed E-state index contributed by atoms with van der Waals surface area (Å²) in [4.78, 5) is 7.52. The van der Waals surface area contributed by atoms with Crippen molar-refractivity contribution in [2.45, 2.75) is 19.8 Å². The Morgan fingerprint density at radius 2 is 1.91 bits per heavy atom. The zero-order valence-corrected chi connectivity index (χ0v) is 19.8. The van der Waals surface area contributed by atoms with Crippen LogP contribution in [0, 0.1) is 12.8 Å². The van der Waals surface area contributed by atoms with Crippen molar-refractivity contribution in [1.82, 2.24) is 14.6 Å². The number of piperidine rings is 1. The molecular weight excluding hydrogens is 413 g/mol. The normalized spacial score (nSPS) is 16.8. The van der Waals surface area contributed by atoms with Crippen LogP contribution in [0.4, 0.5) is 11.5 Å². The maximum atomic E-state index is 5.00. The SMILES string of the molecule is CPc1cnn2c(NCC3CCCN(c4ccccc4)C3)cc(-c3ccccc3C)nc12. The summed E-state index contributed by atoms with van der Waals surface area (Å²) in [5.74, 6) is 1.62. The molecule has 0 amide bonds. The van der Waals surface area contributed by atoms with Crippen molar-refractivity contribution >= 4 is 31.0 Å². The number of aromatic nitrogens is 3.